The second-order valence-electron chi connectivity index (χ2n) is 1.98. The van der Waals surface area contributed by atoms with Gasteiger partial charge in [0.1, 0.15) is 0 Å². The Balaban J connectivity index is 3.20. The van der Waals surface area contributed by atoms with Gasteiger partial charge in [-0.3, -0.25) is 0 Å². The largest absolute Gasteiger partial charge is 0.308 e. The van der Waals surface area contributed by atoms with Gasteiger partial charge in [-0.25, -0.2) is 0 Å². The van der Waals surface area contributed by atoms with Gasteiger partial charge in [0.2, 0.25) is 0 Å². The quantitative estimate of drug-likeness (QED) is 0.595. The Morgan fingerprint density at radius 1 is 1.20 bits per heavy atom. The maximum Gasteiger partial charge on any atom is 0.0256 e. The molecule has 0 aromatic heterocycles. The Morgan fingerprint density at radius 2 is 1.80 bits per heavy atom. The van der Waals surface area contributed by atoms with Gasteiger partial charge in [0.25, 0.3) is 0 Å². The lowest BCUT2D eigenvalue weighted by atomic mass is 10.1. The molecule has 0 unspecified atom stereocenters. The molecule has 0 spiro atoms. The molecule has 10 heavy (non-hydrogen) atoms. The second-order valence-corrected chi connectivity index (χ2v) is 1.98. The van der Waals surface area contributed by atoms with Crippen LogP contribution in [0.15, 0.2) is 30.8 Å². The molecule has 0 radical (unpaired) electrons. The molecule has 0 amide bonds. The Bertz CT molecular complexity index is 224. The molecule has 0 saturated heterocycles. The lowest BCUT2D eigenvalue weighted by Gasteiger charge is -1.95. The molecule has 1 heteroatoms. The fourth-order valence-corrected chi connectivity index (χ4v) is 0.828. The number of nitrogens with one attached hydrogen (secondary N) is 1. The van der Waals surface area contributed by atoms with E-state index < -0.39 is 0 Å². The third-order valence-corrected chi connectivity index (χ3v) is 1.37. The SMILES string of the molecule is C=Cc1ccccc1C=N. The fourth-order valence-electron chi connectivity index (χ4n) is 0.828. The summed E-state index contributed by atoms with van der Waals surface area (Å²) in [4.78, 5) is 0. The first kappa shape index (κ1) is 6.75. The van der Waals surface area contributed by atoms with Crippen molar-refractivity contribution in [1.82, 2.24) is 0 Å². The molecule has 1 nitrogen and oxygen atoms in total. The van der Waals surface area contributed by atoms with E-state index in [0.29, 0.717) is 0 Å². The topological polar surface area (TPSA) is 23.9 Å². The van der Waals surface area contributed by atoms with Gasteiger partial charge in [0.15, 0.2) is 0 Å². The highest BCUT2D eigenvalue weighted by Gasteiger charge is 1.90. The predicted molar refractivity (Wildman–Crippen MR) is 44.4 cm³/mol. The van der Waals surface area contributed by atoms with Crippen LogP contribution in [0.2, 0.25) is 0 Å². The van der Waals surface area contributed by atoms with Gasteiger partial charge in [0.05, 0.1) is 0 Å². The van der Waals surface area contributed by atoms with Crippen LogP contribution in [0.3, 0.4) is 0 Å². The van der Waals surface area contributed by atoms with Crippen molar-refractivity contribution in [3.05, 3.63) is 42.0 Å². The van der Waals surface area contributed by atoms with Gasteiger partial charge in [-0.05, 0) is 11.1 Å². The first-order chi connectivity index (χ1) is 4.88. The number of hydrogen-bond donors (Lipinski definition) is 1. The minimum atomic E-state index is 0.914. The summed E-state index contributed by atoms with van der Waals surface area (Å²) in [6.45, 7) is 3.64. The molecule has 0 atom stereocenters. The van der Waals surface area contributed by atoms with Crippen LogP contribution >= 0.6 is 0 Å². The molecule has 0 bridgehead atoms. The van der Waals surface area contributed by atoms with Gasteiger partial charge < -0.3 is 5.41 Å². The molecule has 0 aliphatic rings. The zero-order valence-electron chi connectivity index (χ0n) is 5.67. The van der Waals surface area contributed by atoms with E-state index in [2.05, 4.69) is 6.58 Å². The number of rotatable bonds is 2. The molecule has 1 aromatic rings. The fraction of sp³-hybridized carbons (Fsp3) is 0. The van der Waals surface area contributed by atoms with Crippen molar-refractivity contribution in [2.45, 2.75) is 0 Å². The van der Waals surface area contributed by atoms with E-state index in [9.17, 15) is 0 Å². The molecule has 1 rings (SSSR count). The first-order valence-corrected chi connectivity index (χ1v) is 3.10. The van der Waals surface area contributed by atoms with Crippen molar-refractivity contribution in [1.29, 1.82) is 5.41 Å². The first-order valence-electron chi connectivity index (χ1n) is 3.10. The van der Waals surface area contributed by atoms with Crippen molar-refractivity contribution in [2.24, 2.45) is 0 Å². The maximum absolute atomic E-state index is 7.02. The van der Waals surface area contributed by atoms with E-state index in [0.717, 1.165) is 11.1 Å². The van der Waals surface area contributed by atoms with Crippen molar-refractivity contribution >= 4 is 12.3 Å². The molecule has 50 valence electrons. The Hall–Kier alpha value is -1.37. The summed E-state index contributed by atoms with van der Waals surface area (Å²) >= 11 is 0. The van der Waals surface area contributed by atoms with Crippen LogP contribution in [0.5, 0.6) is 0 Å². The summed E-state index contributed by atoms with van der Waals surface area (Å²) in [5, 5.41) is 7.02. The lowest BCUT2D eigenvalue weighted by Crippen LogP contribution is -1.82. The molecule has 0 fully saturated rings. The Kier molecular flexibility index (Phi) is 2.00. The van der Waals surface area contributed by atoms with Gasteiger partial charge in [-0.2, -0.15) is 0 Å². The molecular formula is C9H9N. The van der Waals surface area contributed by atoms with Crippen LogP contribution in [0.1, 0.15) is 11.1 Å². The van der Waals surface area contributed by atoms with Crippen LogP contribution in [0, 0.1) is 5.41 Å². The molecule has 0 saturated carbocycles. The second kappa shape index (κ2) is 2.97. The van der Waals surface area contributed by atoms with Gasteiger partial charge >= 0.3 is 0 Å². The zero-order valence-corrected chi connectivity index (χ0v) is 5.67. The normalized spacial score (nSPS) is 8.80. The van der Waals surface area contributed by atoms with Gasteiger partial charge in [0, 0.05) is 6.21 Å². The van der Waals surface area contributed by atoms with Crippen molar-refractivity contribution < 1.29 is 0 Å². The summed E-state index contributed by atoms with van der Waals surface area (Å²) in [7, 11) is 0. The number of benzene rings is 1. The summed E-state index contributed by atoms with van der Waals surface area (Å²) in [6.07, 6.45) is 3.08. The van der Waals surface area contributed by atoms with Crippen molar-refractivity contribution in [2.75, 3.05) is 0 Å². The van der Waals surface area contributed by atoms with E-state index in [1.54, 1.807) is 6.08 Å². The van der Waals surface area contributed by atoms with Crippen molar-refractivity contribution in [3.63, 3.8) is 0 Å². The highest BCUT2D eigenvalue weighted by Crippen LogP contribution is 2.06. The van der Waals surface area contributed by atoms with Crippen LogP contribution in [-0.4, -0.2) is 6.21 Å². The maximum atomic E-state index is 7.02. The van der Waals surface area contributed by atoms with Crippen LogP contribution in [0.25, 0.3) is 6.08 Å². The summed E-state index contributed by atoms with van der Waals surface area (Å²) in [6, 6.07) is 7.68. The Labute approximate surface area is 60.5 Å². The van der Waals surface area contributed by atoms with Crippen molar-refractivity contribution in [3.8, 4) is 0 Å². The molecule has 0 aliphatic carbocycles. The average Bonchev–Trinajstić information content (AvgIpc) is 2.04. The highest BCUT2D eigenvalue weighted by atomic mass is 14.3. The summed E-state index contributed by atoms with van der Waals surface area (Å²) in [5.41, 5.74) is 1.93. The standard InChI is InChI=1S/C9H9N/c1-2-8-5-3-4-6-9(8)7-10/h2-7,10H,1H2. The summed E-state index contributed by atoms with van der Waals surface area (Å²) in [5.74, 6) is 0. The molecule has 1 N–H and O–H groups in total. The van der Waals surface area contributed by atoms with E-state index in [4.69, 9.17) is 5.41 Å². The monoisotopic (exact) mass is 131 g/mol. The van der Waals surface area contributed by atoms with Gasteiger partial charge in [-0.1, -0.05) is 36.9 Å². The van der Waals surface area contributed by atoms with E-state index in [-0.39, 0.29) is 0 Å². The smallest absolute Gasteiger partial charge is 0.0256 e. The van der Waals surface area contributed by atoms with E-state index in [1.807, 2.05) is 24.3 Å². The number of hydrogen-bond acceptors (Lipinski definition) is 1. The van der Waals surface area contributed by atoms with Crippen LogP contribution in [0.4, 0.5) is 0 Å². The summed E-state index contributed by atoms with van der Waals surface area (Å²) < 4.78 is 0. The zero-order chi connectivity index (χ0) is 7.40. The minimum absolute atomic E-state index is 0.914. The lowest BCUT2D eigenvalue weighted by molar-refractivity contribution is 1.53. The predicted octanol–water partition coefficient (Wildman–Crippen LogP) is 2.33. The molecular weight excluding hydrogens is 122 g/mol. The van der Waals surface area contributed by atoms with Crippen LogP contribution < -0.4 is 0 Å². The Morgan fingerprint density at radius 3 is 2.20 bits per heavy atom. The molecule has 1 aromatic carbocycles. The third-order valence-electron chi connectivity index (χ3n) is 1.37. The molecule has 0 heterocycles. The minimum Gasteiger partial charge on any atom is -0.308 e. The third kappa shape index (κ3) is 1.13. The molecule has 0 aliphatic heterocycles. The van der Waals surface area contributed by atoms with Crippen LogP contribution in [-0.2, 0) is 0 Å². The van der Waals surface area contributed by atoms with E-state index in [1.165, 1.54) is 6.21 Å². The average molecular weight is 131 g/mol. The van der Waals surface area contributed by atoms with Gasteiger partial charge in [-0.15, -0.1) is 0 Å². The highest BCUT2D eigenvalue weighted by molar-refractivity contribution is 5.82. The van der Waals surface area contributed by atoms with E-state index >= 15 is 0 Å².